The Morgan fingerprint density at radius 1 is 1.25 bits per heavy atom. The first-order valence-corrected chi connectivity index (χ1v) is 11.0. The molecule has 1 saturated heterocycles. The van der Waals surface area contributed by atoms with E-state index < -0.39 is 0 Å². The molecule has 1 aliphatic rings. The highest BCUT2D eigenvalue weighted by Gasteiger charge is 2.29. The Balaban J connectivity index is 1.61. The standard InChI is InChI=1S/C21H30N4O2S/c1-5-24-19(13-27-18-11-6-8-15(2)12-18)22-23-21(24)28-14-20(26)25-16(3)9-7-10-17(25)4/h6,8,11-12,16-17H,5,7,9-10,13-14H2,1-4H3/t16-,17-/m0/s1. The smallest absolute Gasteiger partial charge is 0.233 e. The van der Waals surface area contributed by atoms with Gasteiger partial charge in [0.2, 0.25) is 5.91 Å². The zero-order valence-corrected chi connectivity index (χ0v) is 18.0. The van der Waals surface area contributed by atoms with E-state index in [1.165, 1.54) is 18.2 Å². The van der Waals surface area contributed by atoms with Gasteiger partial charge in [-0.25, -0.2) is 0 Å². The van der Waals surface area contributed by atoms with Crippen LogP contribution in [0.1, 0.15) is 51.4 Å². The third-order valence-corrected chi connectivity index (χ3v) is 6.22. The van der Waals surface area contributed by atoms with Crippen LogP contribution in [0, 0.1) is 6.92 Å². The molecular weight excluding hydrogens is 372 g/mol. The molecule has 1 aliphatic heterocycles. The molecule has 0 unspecified atom stereocenters. The highest BCUT2D eigenvalue weighted by molar-refractivity contribution is 7.99. The van der Waals surface area contributed by atoms with Gasteiger partial charge in [0.05, 0.1) is 5.75 Å². The van der Waals surface area contributed by atoms with E-state index >= 15 is 0 Å². The molecule has 1 amide bonds. The van der Waals surface area contributed by atoms with Crippen molar-refractivity contribution < 1.29 is 9.53 Å². The molecule has 2 heterocycles. The lowest BCUT2D eigenvalue weighted by Crippen LogP contribution is -2.48. The third kappa shape index (κ3) is 4.87. The molecule has 152 valence electrons. The van der Waals surface area contributed by atoms with Crippen molar-refractivity contribution in [2.75, 3.05) is 5.75 Å². The number of likely N-dealkylation sites (tertiary alicyclic amines) is 1. The van der Waals surface area contributed by atoms with Crippen molar-refractivity contribution in [2.45, 2.75) is 77.3 Å². The van der Waals surface area contributed by atoms with E-state index in [2.05, 4.69) is 31.0 Å². The summed E-state index contributed by atoms with van der Waals surface area (Å²) in [6, 6.07) is 8.59. The Morgan fingerprint density at radius 3 is 2.68 bits per heavy atom. The SMILES string of the molecule is CCn1c(COc2cccc(C)c2)nnc1SCC(=O)N1[C@@H](C)CCC[C@@H]1C. The van der Waals surface area contributed by atoms with E-state index in [1.807, 2.05) is 40.7 Å². The number of benzene rings is 1. The van der Waals surface area contributed by atoms with Crippen LogP contribution in [0.4, 0.5) is 0 Å². The van der Waals surface area contributed by atoms with Gasteiger partial charge in [0.15, 0.2) is 11.0 Å². The second-order valence-electron chi connectivity index (χ2n) is 7.47. The lowest BCUT2D eigenvalue weighted by Gasteiger charge is -2.39. The number of rotatable bonds is 7. The molecule has 2 aromatic rings. The van der Waals surface area contributed by atoms with Crippen LogP contribution in [0.15, 0.2) is 29.4 Å². The molecule has 1 aromatic carbocycles. The first-order chi connectivity index (χ1) is 13.5. The highest BCUT2D eigenvalue weighted by Crippen LogP contribution is 2.25. The summed E-state index contributed by atoms with van der Waals surface area (Å²) in [5.74, 6) is 2.18. The van der Waals surface area contributed by atoms with Gasteiger partial charge in [-0.15, -0.1) is 10.2 Å². The average molecular weight is 403 g/mol. The number of nitrogens with zero attached hydrogens (tertiary/aromatic N) is 4. The average Bonchev–Trinajstić information content (AvgIpc) is 3.06. The fourth-order valence-corrected chi connectivity index (χ4v) is 4.71. The molecule has 1 fully saturated rings. The molecule has 0 radical (unpaired) electrons. The van der Waals surface area contributed by atoms with Gasteiger partial charge in [-0.2, -0.15) is 0 Å². The predicted octanol–water partition coefficient (Wildman–Crippen LogP) is 4.07. The van der Waals surface area contributed by atoms with Crippen LogP contribution in [0.3, 0.4) is 0 Å². The van der Waals surface area contributed by atoms with Crippen molar-refractivity contribution in [3.05, 3.63) is 35.7 Å². The van der Waals surface area contributed by atoms with Gasteiger partial charge in [-0.05, 0) is 64.7 Å². The Bertz CT molecular complexity index is 797. The number of carbonyl (C=O) groups excluding carboxylic acids is 1. The summed E-state index contributed by atoms with van der Waals surface area (Å²) in [7, 11) is 0. The lowest BCUT2D eigenvalue weighted by atomic mass is 9.98. The van der Waals surface area contributed by atoms with Crippen molar-refractivity contribution in [1.29, 1.82) is 0 Å². The topological polar surface area (TPSA) is 60.2 Å². The van der Waals surface area contributed by atoms with E-state index in [9.17, 15) is 4.79 Å². The minimum atomic E-state index is 0.188. The zero-order chi connectivity index (χ0) is 20.1. The number of hydrogen-bond donors (Lipinski definition) is 0. The highest BCUT2D eigenvalue weighted by atomic mass is 32.2. The van der Waals surface area contributed by atoms with E-state index in [1.54, 1.807) is 0 Å². The maximum atomic E-state index is 12.8. The largest absolute Gasteiger partial charge is 0.486 e. The van der Waals surface area contributed by atoms with Crippen LogP contribution >= 0.6 is 11.8 Å². The van der Waals surface area contributed by atoms with Crippen molar-refractivity contribution in [3.8, 4) is 5.75 Å². The van der Waals surface area contributed by atoms with Crippen LogP contribution < -0.4 is 4.74 Å². The first-order valence-electron chi connectivity index (χ1n) is 10.0. The molecule has 0 bridgehead atoms. The summed E-state index contributed by atoms with van der Waals surface area (Å²) in [6.07, 6.45) is 3.38. The van der Waals surface area contributed by atoms with Crippen LogP contribution in [0.2, 0.25) is 0 Å². The lowest BCUT2D eigenvalue weighted by molar-refractivity contribution is -0.134. The van der Waals surface area contributed by atoms with Crippen molar-refractivity contribution in [1.82, 2.24) is 19.7 Å². The number of hydrogen-bond acceptors (Lipinski definition) is 5. The maximum Gasteiger partial charge on any atom is 0.233 e. The Hall–Kier alpha value is -2.02. The molecule has 0 saturated carbocycles. The molecule has 6 nitrogen and oxygen atoms in total. The van der Waals surface area contributed by atoms with E-state index in [0.717, 1.165) is 41.7 Å². The summed E-state index contributed by atoms with van der Waals surface area (Å²) in [5, 5.41) is 9.36. The van der Waals surface area contributed by atoms with E-state index in [0.29, 0.717) is 24.4 Å². The Labute approximate surface area is 171 Å². The minimum Gasteiger partial charge on any atom is -0.486 e. The summed E-state index contributed by atoms with van der Waals surface area (Å²) in [6.45, 7) is 9.49. The Kier molecular flexibility index (Phi) is 6.99. The summed E-state index contributed by atoms with van der Waals surface area (Å²) in [4.78, 5) is 14.8. The molecule has 1 aromatic heterocycles. The van der Waals surface area contributed by atoms with Crippen molar-refractivity contribution >= 4 is 17.7 Å². The molecular formula is C21H30N4O2S. The fraction of sp³-hybridized carbons (Fsp3) is 0.571. The fourth-order valence-electron chi connectivity index (χ4n) is 3.82. The first kappa shape index (κ1) is 20.7. The van der Waals surface area contributed by atoms with Gasteiger partial charge in [0.25, 0.3) is 0 Å². The molecule has 7 heteroatoms. The zero-order valence-electron chi connectivity index (χ0n) is 17.2. The van der Waals surface area contributed by atoms with Gasteiger partial charge in [0, 0.05) is 18.6 Å². The second-order valence-corrected chi connectivity index (χ2v) is 8.41. The number of aromatic nitrogens is 3. The van der Waals surface area contributed by atoms with E-state index in [4.69, 9.17) is 4.74 Å². The number of carbonyl (C=O) groups is 1. The monoisotopic (exact) mass is 402 g/mol. The number of thioether (sulfide) groups is 1. The van der Waals surface area contributed by atoms with Crippen molar-refractivity contribution in [2.24, 2.45) is 0 Å². The van der Waals surface area contributed by atoms with Crippen LogP contribution in [0.25, 0.3) is 0 Å². The van der Waals surface area contributed by atoms with Crippen LogP contribution in [0.5, 0.6) is 5.75 Å². The predicted molar refractivity (Wildman–Crippen MR) is 112 cm³/mol. The summed E-state index contributed by atoms with van der Waals surface area (Å²) < 4.78 is 7.89. The van der Waals surface area contributed by atoms with E-state index in [-0.39, 0.29) is 5.91 Å². The van der Waals surface area contributed by atoms with Crippen LogP contribution in [-0.2, 0) is 17.9 Å². The molecule has 0 aliphatic carbocycles. The van der Waals surface area contributed by atoms with Gasteiger partial charge >= 0.3 is 0 Å². The molecule has 3 rings (SSSR count). The van der Waals surface area contributed by atoms with Gasteiger partial charge in [0.1, 0.15) is 12.4 Å². The summed E-state index contributed by atoms with van der Waals surface area (Å²) >= 11 is 1.46. The van der Waals surface area contributed by atoms with Gasteiger partial charge < -0.3 is 14.2 Å². The number of ether oxygens (including phenoxy) is 1. The number of aryl methyl sites for hydroxylation is 1. The molecule has 0 spiro atoms. The van der Waals surface area contributed by atoms with Crippen LogP contribution in [-0.4, -0.2) is 43.4 Å². The second kappa shape index (κ2) is 9.45. The minimum absolute atomic E-state index is 0.188. The Morgan fingerprint density at radius 2 is 2.00 bits per heavy atom. The van der Waals surface area contributed by atoms with Gasteiger partial charge in [-0.1, -0.05) is 23.9 Å². The third-order valence-electron chi connectivity index (χ3n) is 5.27. The molecule has 2 atom stereocenters. The molecule has 28 heavy (non-hydrogen) atoms. The number of piperidine rings is 1. The summed E-state index contributed by atoms with van der Waals surface area (Å²) in [5.41, 5.74) is 1.16. The van der Waals surface area contributed by atoms with Gasteiger partial charge in [-0.3, -0.25) is 4.79 Å². The maximum absolute atomic E-state index is 12.8. The normalized spacial score (nSPS) is 19.6. The molecule has 0 N–H and O–H groups in total. The quantitative estimate of drug-likeness (QED) is 0.654. The van der Waals surface area contributed by atoms with Crippen molar-refractivity contribution in [3.63, 3.8) is 0 Å². The number of amides is 1.